The van der Waals surface area contributed by atoms with Crippen LogP contribution in [0.3, 0.4) is 0 Å². The number of methoxy groups -OCH3 is 1. The van der Waals surface area contributed by atoms with Gasteiger partial charge < -0.3 is 15.0 Å². The van der Waals surface area contributed by atoms with E-state index in [4.69, 9.17) is 4.74 Å². The lowest BCUT2D eigenvalue weighted by Crippen LogP contribution is -2.32. The molecule has 0 radical (unpaired) electrons. The van der Waals surface area contributed by atoms with E-state index in [2.05, 4.69) is 26.3 Å². The van der Waals surface area contributed by atoms with Crippen molar-refractivity contribution in [1.82, 2.24) is 9.97 Å². The molecule has 0 bridgehead atoms. The van der Waals surface area contributed by atoms with Crippen LogP contribution in [0.4, 0.5) is 24.5 Å². The minimum Gasteiger partial charge on any atom is -0.383 e. The molecule has 1 aromatic carbocycles. The van der Waals surface area contributed by atoms with Crippen molar-refractivity contribution in [2.75, 3.05) is 37.0 Å². The molecule has 0 aliphatic carbocycles. The second-order valence-electron chi connectivity index (χ2n) is 8.18. The lowest BCUT2D eigenvalue weighted by atomic mass is 9.98. The van der Waals surface area contributed by atoms with Crippen LogP contribution in [0.25, 0.3) is 11.1 Å². The summed E-state index contributed by atoms with van der Waals surface area (Å²) in [4.78, 5) is 22.9. The van der Waals surface area contributed by atoms with Crippen LogP contribution in [0, 0.1) is 6.92 Å². The highest BCUT2D eigenvalue weighted by Gasteiger charge is 2.33. The molecule has 1 aliphatic heterocycles. The average molecular weight is 470 g/mol. The minimum absolute atomic E-state index is 0.117. The van der Waals surface area contributed by atoms with Gasteiger partial charge in [0, 0.05) is 49.4 Å². The van der Waals surface area contributed by atoms with Crippen LogP contribution >= 0.6 is 0 Å². The number of nitrogens with one attached hydrogen (secondary N) is 1. The molecule has 4 rings (SSSR count). The fraction of sp³-hybridized carbons (Fsp3) is 0.320. The zero-order valence-electron chi connectivity index (χ0n) is 18.9. The number of aryl methyl sites for hydroxylation is 2. The SMILES string of the molecule is COCCN1CCCc2ncc(-c3cc(NC(=O)c4ccnc(C(F)(F)F)c4)ccc3C)cc21. The minimum atomic E-state index is -4.62. The Morgan fingerprint density at radius 3 is 2.76 bits per heavy atom. The number of pyridine rings is 2. The van der Waals surface area contributed by atoms with Crippen LogP contribution < -0.4 is 10.2 Å². The smallest absolute Gasteiger partial charge is 0.383 e. The number of carbonyl (C=O) groups is 1. The van der Waals surface area contributed by atoms with E-state index in [1.807, 2.05) is 25.3 Å². The highest BCUT2D eigenvalue weighted by Crippen LogP contribution is 2.33. The normalized spacial score (nSPS) is 13.5. The van der Waals surface area contributed by atoms with Crippen molar-refractivity contribution < 1.29 is 22.7 Å². The first-order valence-electron chi connectivity index (χ1n) is 10.9. The van der Waals surface area contributed by atoms with Gasteiger partial charge in [0.05, 0.1) is 18.0 Å². The fourth-order valence-corrected chi connectivity index (χ4v) is 4.03. The zero-order chi connectivity index (χ0) is 24.3. The summed E-state index contributed by atoms with van der Waals surface area (Å²) in [6, 6.07) is 9.49. The topological polar surface area (TPSA) is 67.3 Å². The Bertz CT molecular complexity index is 1200. The van der Waals surface area contributed by atoms with E-state index in [-0.39, 0.29) is 5.56 Å². The third-order valence-electron chi connectivity index (χ3n) is 5.81. The third-order valence-corrected chi connectivity index (χ3v) is 5.81. The van der Waals surface area contributed by atoms with Gasteiger partial charge in [-0.05, 0) is 61.2 Å². The molecule has 6 nitrogen and oxygen atoms in total. The number of fused-ring (bicyclic) bond motifs is 1. The molecule has 0 fully saturated rings. The van der Waals surface area contributed by atoms with E-state index in [9.17, 15) is 18.0 Å². The van der Waals surface area contributed by atoms with E-state index >= 15 is 0 Å². The second-order valence-corrected chi connectivity index (χ2v) is 8.18. The number of benzene rings is 1. The van der Waals surface area contributed by atoms with Crippen LogP contribution in [-0.2, 0) is 17.3 Å². The Kier molecular flexibility index (Phi) is 6.83. The van der Waals surface area contributed by atoms with Gasteiger partial charge in [-0.2, -0.15) is 13.2 Å². The Morgan fingerprint density at radius 2 is 2.00 bits per heavy atom. The van der Waals surface area contributed by atoms with Crippen LogP contribution in [0.5, 0.6) is 0 Å². The van der Waals surface area contributed by atoms with Gasteiger partial charge in [0.15, 0.2) is 0 Å². The van der Waals surface area contributed by atoms with Gasteiger partial charge in [0.1, 0.15) is 5.69 Å². The first kappa shape index (κ1) is 23.7. The number of alkyl halides is 3. The van der Waals surface area contributed by atoms with Crippen molar-refractivity contribution >= 4 is 17.3 Å². The number of rotatable bonds is 6. The monoisotopic (exact) mass is 470 g/mol. The van der Waals surface area contributed by atoms with Crippen molar-refractivity contribution in [3.05, 3.63) is 71.3 Å². The molecule has 0 spiro atoms. The fourth-order valence-electron chi connectivity index (χ4n) is 4.03. The largest absolute Gasteiger partial charge is 0.433 e. The summed E-state index contributed by atoms with van der Waals surface area (Å²) in [7, 11) is 1.68. The van der Waals surface area contributed by atoms with Crippen molar-refractivity contribution in [2.45, 2.75) is 25.9 Å². The molecule has 3 heterocycles. The molecule has 178 valence electrons. The van der Waals surface area contributed by atoms with Gasteiger partial charge in [0.2, 0.25) is 0 Å². The van der Waals surface area contributed by atoms with Gasteiger partial charge >= 0.3 is 6.18 Å². The number of aromatic nitrogens is 2. The lowest BCUT2D eigenvalue weighted by Gasteiger charge is -2.31. The Labute approximate surface area is 195 Å². The van der Waals surface area contributed by atoms with Crippen LogP contribution in [0.2, 0.25) is 0 Å². The highest BCUT2D eigenvalue weighted by molar-refractivity contribution is 6.04. The van der Waals surface area contributed by atoms with E-state index < -0.39 is 17.8 Å². The molecule has 2 aromatic heterocycles. The Balaban J connectivity index is 1.60. The van der Waals surface area contributed by atoms with Gasteiger partial charge in [0.25, 0.3) is 5.91 Å². The van der Waals surface area contributed by atoms with E-state index in [1.165, 1.54) is 6.07 Å². The summed E-state index contributed by atoms with van der Waals surface area (Å²) in [5.41, 5.74) is 4.15. The molecular weight excluding hydrogens is 445 g/mol. The summed E-state index contributed by atoms with van der Waals surface area (Å²) in [5, 5.41) is 2.69. The first-order chi connectivity index (χ1) is 16.3. The number of halogens is 3. The second kappa shape index (κ2) is 9.80. The molecule has 1 aliphatic rings. The number of carbonyl (C=O) groups excluding carboxylic acids is 1. The van der Waals surface area contributed by atoms with Crippen molar-refractivity contribution in [1.29, 1.82) is 0 Å². The number of nitrogens with zero attached hydrogens (tertiary/aromatic N) is 3. The van der Waals surface area contributed by atoms with Gasteiger partial charge in [-0.25, -0.2) is 0 Å². The van der Waals surface area contributed by atoms with Gasteiger partial charge in [-0.1, -0.05) is 6.07 Å². The number of hydrogen-bond acceptors (Lipinski definition) is 5. The Morgan fingerprint density at radius 1 is 1.18 bits per heavy atom. The molecule has 0 atom stereocenters. The van der Waals surface area contributed by atoms with E-state index in [1.54, 1.807) is 13.2 Å². The average Bonchev–Trinajstić information content (AvgIpc) is 2.83. The van der Waals surface area contributed by atoms with E-state index in [0.29, 0.717) is 12.3 Å². The maximum Gasteiger partial charge on any atom is 0.433 e. The molecule has 0 saturated carbocycles. The van der Waals surface area contributed by atoms with Crippen LogP contribution in [0.15, 0.2) is 48.8 Å². The summed E-state index contributed by atoms with van der Waals surface area (Å²) >= 11 is 0. The quantitative estimate of drug-likeness (QED) is 0.542. The molecule has 1 amide bonds. The predicted molar refractivity (Wildman–Crippen MR) is 124 cm³/mol. The number of amides is 1. The zero-order valence-corrected chi connectivity index (χ0v) is 18.9. The highest BCUT2D eigenvalue weighted by atomic mass is 19.4. The standard InChI is InChI=1S/C25H25F3N4O2/c1-16-5-6-19(31-24(33)17-7-8-29-23(13-17)25(26,27)28)14-20(16)18-12-22-21(30-15-18)4-3-9-32(22)10-11-34-2/h5-8,12-15H,3-4,9-11H2,1-2H3,(H,31,33). The molecule has 9 heteroatoms. The number of ether oxygens (including phenoxy) is 1. The summed E-state index contributed by atoms with van der Waals surface area (Å²) in [5.74, 6) is -0.642. The number of hydrogen-bond donors (Lipinski definition) is 1. The molecule has 0 saturated heterocycles. The van der Waals surface area contributed by atoms with Crippen LogP contribution in [0.1, 0.15) is 33.7 Å². The summed E-state index contributed by atoms with van der Waals surface area (Å²) in [6.07, 6.45) is 0.135. The predicted octanol–water partition coefficient (Wildman–Crippen LogP) is 5.12. The molecule has 1 N–H and O–H groups in total. The maximum absolute atomic E-state index is 12.9. The first-order valence-corrected chi connectivity index (χ1v) is 10.9. The lowest BCUT2D eigenvalue weighted by molar-refractivity contribution is -0.141. The van der Waals surface area contributed by atoms with Crippen molar-refractivity contribution in [3.8, 4) is 11.1 Å². The van der Waals surface area contributed by atoms with Gasteiger partial charge in [-0.3, -0.25) is 14.8 Å². The van der Waals surface area contributed by atoms with Crippen molar-refractivity contribution in [3.63, 3.8) is 0 Å². The molecule has 34 heavy (non-hydrogen) atoms. The van der Waals surface area contributed by atoms with Crippen LogP contribution in [-0.4, -0.2) is 42.7 Å². The number of anilines is 2. The van der Waals surface area contributed by atoms with Crippen molar-refractivity contribution in [2.24, 2.45) is 0 Å². The summed E-state index contributed by atoms with van der Waals surface area (Å²) in [6.45, 7) is 4.29. The molecular formula is C25H25F3N4O2. The third kappa shape index (κ3) is 5.20. The Hall–Kier alpha value is -3.46. The molecule has 3 aromatic rings. The van der Waals surface area contributed by atoms with Gasteiger partial charge in [-0.15, -0.1) is 0 Å². The molecule has 0 unspecified atom stereocenters. The maximum atomic E-state index is 12.9. The van der Waals surface area contributed by atoms with E-state index in [0.717, 1.165) is 66.3 Å². The summed E-state index contributed by atoms with van der Waals surface area (Å²) < 4.78 is 44.1.